The molecule has 26 heavy (non-hydrogen) atoms. The molecule has 0 radical (unpaired) electrons. The van der Waals surface area contributed by atoms with E-state index in [1.54, 1.807) is 7.11 Å². The molecule has 1 atom stereocenters. The lowest BCUT2D eigenvalue weighted by Gasteiger charge is -2.59. The zero-order valence-electron chi connectivity index (χ0n) is 16.3. The van der Waals surface area contributed by atoms with Crippen LogP contribution in [0.2, 0.25) is 5.02 Å². The van der Waals surface area contributed by atoms with Gasteiger partial charge < -0.3 is 14.8 Å². The van der Waals surface area contributed by atoms with Crippen LogP contribution in [0.15, 0.2) is 12.1 Å². The maximum Gasteiger partial charge on any atom is 0.179 e. The number of hydrogen-bond donors (Lipinski definition) is 1. The van der Waals surface area contributed by atoms with E-state index >= 15 is 0 Å². The van der Waals surface area contributed by atoms with Gasteiger partial charge in [-0.3, -0.25) is 0 Å². The third-order valence-electron chi connectivity index (χ3n) is 7.19. The van der Waals surface area contributed by atoms with Gasteiger partial charge in [-0.25, -0.2) is 0 Å². The van der Waals surface area contributed by atoms with Crippen LogP contribution < -0.4 is 14.8 Å². The van der Waals surface area contributed by atoms with E-state index in [2.05, 4.69) is 18.3 Å². The largest absolute Gasteiger partial charge is 0.493 e. The normalized spacial score (nSPS) is 33.3. The number of rotatable bonds is 7. The SMILES string of the molecule is CCOc1c(Cl)cc(CN[C@@H](C)C23CC4CC(CC(C4)C2)C3)cc1OC. The lowest BCUT2D eigenvalue weighted by atomic mass is 9.48. The summed E-state index contributed by atoms with van der Waals surface area (Å²) in [7, 11) is 1.67. The predicted octanol–water partition coefficient (Wildman–Crippen LogP) is 5.44. The van der Waals surface area contributed by atoms with Crippen molar-refractivity contribution >= 4 is 11.6 Å². The van der Waals surface area contributed by atoms with Crippen molar-refractivity contribution in [3.63, 3.8) is 0 Å². The molecule has 0 aliphatic heterocycles. The van der Waals surface area contributed by atoms with E-state index in [1.165, 1.54) is 38.5 Å². The summed E-state index contributed by atoms with van der Waals surface area (Å²) >= 11 is 6.43. The molecular formula is C22H32ClNO2. The quantitative estimate of drug-likeness (QED) is 0.686. The number of ether oxygens (including phenoxy) is 2. The Morgan fingerprint density at radius 3 is 2.31 bits per heavy atom. The van der Waals surface area contributed by atoms with E-state index in [-0.39, 0.29) is 0 Å². The van der Waals surface area contributed by atoms with E-state index in [0.29, 0.717) is 28.8 Å². The number of methoxy groups -OCH3 is 1. The Balaban J connectivity index is 1.45. The summed E-state index contributed by atoms with van der Waals surface area (Å²) in [5.74, 6) is 4.34. The first kappa shape index (κ1) is 18.4. The van der Waals surface area contributed by atoms with Crippen molar-refractivity contribution in [2.45, 2.75) is 65.0 Å². The van der Waals surface area contributed by atoms with Crippen LogP contribution in [0, 0.1) is 23.2 Å². The minimum absolute atomic E-state index is 0.522. The van der Waals surface area contributed by atoms with Crippen LogP contribution in [-0.2, 0) is 6.54 Å². The van der Waals surface area contributed by atoms with Gasteiger partial charge in [0, 0.05) is 12.6 Å². The van der Waals surface area contributed by atoms with Crippen LogP contribution in [-0.4, -0.2) is 19.8 Å². The fourth-order valence-electron chi connectivity index (χ4n) is 6.36. The molecule has 4 aliphatic rings. The highest BCUT2D eigenvalue weighted by atomic mass is 35.5. The van der Waals surface area contributed by atoms with Gasteiger partial charge in [0.15, 0.2) is 11.5 Å². The molecule has 4 bridgehead atoms. The maximum atomic E-state index is 6.43. The highest BCUT2D eigenvalue weighted by molar-refractivity contribution is 6.32. The number of benzene rings is 1. The molecule has 0 amide bonds. The summed E-state index contributed by atoms with van der Waals surface area (Å²) in [5.41, 5.74) is 1.68. The first-order chi connectivity index (χ1) is 12.5. The topological polar surface area (TPSA) is 30.5 Å². The van der Waals surface area contributed by atoms with Gasteiger partial charge in [0.1, 0.15) is 0 Å². The molecule has 4 heteroatoms. The van der Waals surface area contributed by atoms with Gasteiger partial charge in [-0.15, -0.1) is 0 Å². The Kier molecular flexibility index (Phi) is 5.13. The van der Waals surface area contributed by atoms with Crippen molar-refractivity contribution in [3.05, 3.63) is 22.7 Å². The first-order valence-corrected chi connectivity index (χ1v) is 10.6. The van der Waals surface area contributed by atoms with Crippen LogP contribution in [0.5, 0.6) is 11.5 Å². The molecule has 4 fully saturated rings. The Bertz CT molecular complexity index is 625. The molecule has 5 rings (SSSR count). The number of halogens is 1. The second-order valence-corrected chi connectivity index (χ2v) is 9.33. The summed E-state index contributed by atoms with van der Waals surface area (Å²) in [6.45, 7) is 5.76. The van der Waals surface area contributed by atoms with Crippen molar-refractivity contribution < 1.29 is 9.47 Å². The molecule has 4 saturated carbocycles. The van der Waals surface area contributed by atoms with Gasteiger partial charge in [-0.1, -0.05) is 11.6 Å². The lowest BCUT2D eigenvalue weighted by Crippen LogP contribution is -2.54. The summed E-state index contributed by atoms with van der Waals surface area (Å²) in [6.07, 6.45) is 8.79. The molecule has 1 aromatic rings. The molecule has 0 aromatic heterocycles. The summed E-state index contributed by atoms with van der Waals surface area (Å²) < 4.78 is 11.1. The average Bonchev–Trinajstić information content (AvgIpc) is 2.60. The second kappa shape index (κ2) is 7.24. The minimum atomic E-state index is 0.522. The molecule has 3 nitrogen and oxygen atoms in total. The van der Waals surface area contributed by atoms with Gasteiger partial charge in [0.25, 0.3) is 0 Å². The molecule has 0 heterocycles. The molecule has 1 aromatic carbocycles. The summed E-state index contributed by atoms with van der Waals surface area (Å²) in [4.78, 5) is 0. The van der Waals surface area contributed by atoms with E-state index in [1.807, 2.05) is 13.0 Å². The van der Waals surface area contributed by atoms with Crippen molar-refractivity contribution in [1.29, 1.82) is 0 Å². The predicted molar refractivity (Wildman–Crippen MR) is 106 cm³/mol. The van der Waals surface area contributed by atoms with Gasteiger partial charge >= 0.3 is 0 Å². The van der Waals surface area contributed by atoms with Crippen LogP contribution >= 0.6 is 11.6 Å². The fraction of sp³-hybridized carbons (Fsp3) is 0.727. The first-order valence-electron chi connectivity index (χ1n) is 10.3. The van der Waals surface area contributed by atoms with Gasteiger partial charge in [-0.2, -0.15) is 0 Å². The zero-order valence-corrected chi connectivity index (χ0v) is 17.1. The van der Waals surface area contributed by atoms with E-state index in [4.69, 9.17) is 21.1 Å². The van der Waals surface area contributed by atoms with E-state index < -0.39 is 0 Å². The molecule has 4 aliphatic carbocycles. The van der Waals surface area contributed by atoms with Crippen LogP contribution in [0.4, 0.5) is 0 Å². The van der Waals surface area contributed by atoms with Crippen LogP contribution in [0.1, 0.15) is 57.9 Å². The second-order valence-electron chi connectivity index (χ2n) is 8.92. The molecular weight excluding hydrogens is 346 g/mol. The summed E-state index contributed by atoms with van der Waals surface area (Å²) in [5, 5.41) is 4.46. The fourth-order valence-corrected chi connectivity index (χ4v) is 6.64. The Morgan fingerprint density at radius 1 is 1.15 bits per heavy atom. The van der Waals surface area contributed by atoms with Crippen molar-refractivity contribution in [2.75, 3.05) is 13.7 Å². The van der Waals surface area contributed by atoms with Crippen molar-refractivity contribution in [1.82, 2.24) is 5.32 Å². The molecule has 0 saturated heterocycles. The zero-order chi connectivity index (χ0) is 18.3. The Morgan fingerprint density at radius 2 is 1.77 bits per heavy atom. The van der Waals surface area contributed by atoms with Crippen LogP contribution in [0.3, 0.4) is 0 Å². The number of nitrogens with one attached hydrogen (secondary N) is 1. The van der Waals surface area contributed by atoms with Crippen molar-refractivity contribution in [2.24, 2.45) is 23.2 Å². The Hall–Kier alpha value is -0.930. The number of hydrogen-bond acceptors (Lipinski definition) is 3. The standard InChI is InChI=1S/C22H32ClNO2/c1-4-26-21-19(23)8-18(9-20(21)25-3)13-24-14(2)22-10-15-5-16(11-22)7-17(6-15)12-22/h8-9,14-17,24H,4-7,10-13H2,1-3H3/t14-,15?,16?,17?,22?/m0/s1. The van der Waals surface area contributed by atoms with Gasteiger partial charge in [-0.05, 0) is 93.2 Å². The minimum Gasteiger partial charge on any atom is -0.493 e. The highest BCUT2D eigenvalue weighted by Gasteiger charge is 2.52. The third-order valence-corrected chi connectivity index (χ3v) is 7.48. The smallest absolute Gasteiger partial charge is 0.179 e. The molecule has 0 spiro atoms. The van der Waals surface area contributed by atoms with Crippen LogP contribution in [0.25, 0.3) is 0 Å². The van der Waals surface area contributed by atoms with Crippen molar-refractivity contribution in [3.8, 4) is 11.5 Å². The molecule has 144 valence electrons. The summed E-state index contributed by atoms with van der Waals surface area (Å²) in [6, 6.07) is 4.61. The van der Waals surface area contributed by atoms with Gasteiger partial charge in [0.05, 0.1) is 18.7 Å². The highest BCUT2D eigenvalue weighted by Crippen LogP contribution is 2.61. The molecule has 1 N–H and O–H groups in total. The Labute approximate surface area is 162 Å². The average molecular weight is 378 g/mol. The molecule has 0 unspecified atom stereocenters. The maximum absolute atomic E-state index is 6.43. The van der Waals surface area contributed by atoms with E-state index in [9.17, 15) is 0 Å². The third kappa shape index (κ3) is 3.33. The lowest BCUT2D eigenvalue weighted by molar-refractivity contribution is -0.0706. The monoisotopic (exact) mass is 377 g/mol. The van der Waals surface area contributed by atoms with Gasteiger partial charge in [0.2, 0.25) is 0 Å². The van der Waals surface area contributed by atoms with E-state index in [0.717, 1.165) is 35.6 Å².